The van der Waals surface area contributed by atoms with Crippen molar-refractivity contribution in [3.8, 4) is 0 Å². The van der Waals surface area contributed by atoms with Crippen molar-refractivity contribution < 1.29 is 19.4 Å². The standard InChI is InChI=1S/C19H22N2O4/c1-19(2,3)12-9-11-5-4-8-20-16(11)13(10-12)21-17(22)14-6-7-15(25-14)18(23)24/h4-5,8-10,14-15H,6-7H2,1-3H3,(H,21,22)(H,23,24)/t14-,15+/m0/s1. The Morgan fingerprint density at radius 1 is 1.24 bits per heavy atom. The summed E-state index contributed by atoms with van der Waals surface area (Å²) in [7, 11) is 0. The van der Waals surface area contributed by atoms with E-state index < -0.39 is 18.2 Å². The van der Waals surface area contributed by atoms with Gasteiger partial charge < -0.3 is 15.2 Å². The molecule has 1 aliphatic rings. The number of carboxylic acids is 1. The molecule has 2 atom stereocenters. The van der Waals surface area contributed by atoms with Gasteiger partial charge in [-0.25, -0.2) is 4.79 Å². The molecule has 0 spiro atoms. The summed E-state index contributed by atoms with van der Waals surface area (Å²) in [6.45, 7) is 6.31. The zero-order valence-electron chi connectivity index (χ0n) is 14.6. The number of nitrogens with one attached hydrogen (secondary N) is 1. The molecule has 1 aromatic heterocycles. The Balaban J connectivity index is 1.90. The molecule has 0 bridgehead atoms. The molecule has 0 radical (unpaired) electrons. The molecule has 1 fully saturated rings. The number of nitrogens with zero attached hydrogens (tertiary/aromatic N) is 1. The van der Waals surface area contributed by atoms with E-state index in [1.54, 1.807) is 6.20 Å². The molecule has 0 saturated carbocycles. The number of pyridine rings is 1. The fourth-order valence-corrected chi connectivity index (χ4v) is 2.95. The van der Waals surface area contributed by atoms with Gasteiger partial charge in [-0.1, -0.05) is 26.8 Å². The highest BCUT2D eigenvalue weighted by atomic mass is 16.5. The summed E-state index contributed by atoms with van der Waals surface area (Å²) < 4.78 is 5.33. The quantitative estimate of drug-likeness (QED) is 0.895. The molecule has 2 N–H and O–H groups in total. The number of hydrogen-bond acceptors (Lipinski definition) is 4. The first-order valence-electron chi connectivity index (χ1n) is 8.34. The summed E-state index contributed by atoms with van der Waals surface area (Å²) in [5.74, 6) is -1.36. The average molecular weight is 342 g/mol. The van der Waals surface area contributed by atoms with E-state index in [-0.39, 0.29) is 11.3 Å². The van der Waals surface area contributed by atoms with Gasteiger partial charge in [0, 0.05) is 11.6 Å². The minimum absolute atomic E-state index is 0.0816. The Labute approximate surface area is 146 Å². The van der Waals surface area contributed by atoms with Crippen molar-refractivity contribution in [2.75, 3.05) is 5.32 Å². The molecular weight excluding hydrogens is 320 g/mol. The van der Waals surface area contributed by atoms with Gasteiger partial charge in [0.15, 0.2) is 6.10 Å². The second-order valence-corrected chi connectivity index (χ2v) is 7.37. The van der Waals surface area contributed by atoms with E-state index in [1.165, 1.54) is 0 Å². The molecule has 6 heteroatoms. The lowest BCUT2D eigenvalue weighted by Crippen LogP contribution is -2.30. The van der Waals surface area contributed by atoms with Gasteiger partial charge in [0.1, 0.15) is 6.10 Å². The third-order valence-electron chi connectivity index (χ3n) is 4.42. The lowest BCUT2D eigenvalue weighted by molar-refractivity contribution is -0.150. The van der Waals surface area contributed by atoms with Gasteiger partial charge in [0.25, 0.3) is 5.91 Å². The van der Waals surface area contributed by atoms with Crippen LogP contribution in [0.15, 0.2) is 30.5 Å². The van der Waals surface area contributed by atoms with Crippen LogP contribution in [0.2, 0.25) is 0 Å². The van der Waals surface area contributed by atoms with Crippen LogP contribution in [0.3, 0.4) is 0 Å². The van der Waals surface area contributed by atoms with E-state index in [9.17, 15) is 9.59 Å². The van der Waals surface area contributed by atoms with Crippen LogP contribution in [0.5, 0.6) is 0 Å². The van der Waals surface area contributed by atoms with Gasteiger partial charge in [-0.15, -0.1) is 0 Å². The summed E-state index contributed by atoms with van der Waals surface area (Å²) in [6, 6.07) is 7.82. The zero-order valence-corrected chi connectivity index (χ0v) is 14.6. The number of aliphatic carboxylic acids is 1. The first kappa shape index (κ1) is 17.4. The first-order chi connectivity index (χ1) is 11.8. The number of carbonyl (C=O) groups excluding carboxylic acids is 1. The number of anilines is 1. The molecule has 1 amide bonds. The molecule has 25 heavy (non-hydrogen) atoms. The van der Waals surface area contributed by atoms with E-state index in [2.05, 4.69) is 37.1 Å². The maximum Gasteiger partial charge on any atom is 0.332 e. The average Bonchev–Trinajstić information content (AvgIpc) is 3.04. The Morgan fingerprint density at radius 3 is 2.60 bits per heavy atom. The van der Waals surface area contributed by atoms with E-state index in [0.29, 0.717) is 24.0 Å². The normalized spacial score (nSPS) is 20.6. The Kier molecular flexibility index (Phi) is 4.47. The molecule has 3 rings (SSSR count). The highest BCUT2D eigenvalue weighted by Gasteiger charge is 2.35. The second kappa shape index (κ2) is 6.44. The number of rotatable bonds is 3. The predicted octanol–water partition coefficient (Wildman–Crippen LogP) is 3.10. The van der Waals surface area contributed by atoms with Crippen molar-refractivity contribution in [2.24, 2.45) is 0 Å². The fourth-order valence-electron chi connectivity index (χ4n) is 2.95. The molecule has 132 valence electrons. The van der Waals surface area contributed by atoms with Crippen LogP contribution < -0.4 is 5.32 Å². The number of carbonyl (C=O) groups is 2. The number of carboxylic acid groups (broad SMARTS) is 1. The summed E-state index contributed by atoms with van der Waals surface area (Å²) in [5.41, 5.74) is 2.33. The van der Waals surface area contributed by atoms with Crippen LogP contribution >= 0.6 is 0 Å². The third kappa shape index (κ3) is 3.64. The summed E-state index contributed by atoms with van der Waals surface area (Å²) in [4.78, 5) is 27.9. The van der Waals surface area contributed by atoms with Crippen molar-refractivity contribution >= 4 is 28.5 Å². The summed E-state index contributed by atoms with van der Waals surface area (Å²) >= 11 is 0. The molecule has 2 aromatic rings. The van der Waals surface area contributed by atoms with E-state index in [1.807, 2.05) is 18.2 Å². The number of benzene rings is 1. The lowest BCUT2D eigenvalue weighted by atomic mass is 9.86. The van der Waals surface area contributed by atoms with Gasteiger partial charge in [-0.05, 0) is 42.0 Å². The van der Waals surface area contributed by atoms with Crippen LogP contribution in [0.25, 0.3) is 10.9 Å². The minimum atomic E-state index is -1.03. The topological polar surface area (TPSA) is 88.5 Å². The monoisotopic (exact) mass is 342 g/mol. The summed E-state index contributed by atoms with van der Waals surface area (Å²) in [5, 5.41) is 12.8. The van der Waals surface area contributed by atoms with Crippen molar-refractivity contribution in [1.82, 2.24) is 4.98 Å². The van der Waals surface area contributed by atoms with E-state index in [0.717, 1.165) is 10.9 Å². The number of hydrogen-bond donors (Lipinski definition) is 2. The van der Waals surface area contributed by atoms with Crippen LogP contribution in [0, 0.1) is 0 Å². The number of aromatic nitrogens is 1. The van der Waals surface area contributed by atoms with Crippen molar-refractivity contribution in [1.29, 1.82) is 0 Å². The molecule has 6 nitrogen and oxygen atoms in total. The molecule has 2 heterocycles. The molecule has 0 unspecified atom stereocenters. The SMILES string of the molecule is CC(C)(C)c1cc(NC(=O)[C@@H]2CC[C@H](C(=O)O)O2)c2ncccc2c1. The first-order valence-corrected chi connectivity index (χ1v) is 8.34. The lowest BCUT2D eigenvalue weighted by Gasteiger charge is -2.21. The highest BCUT2D eigenvalue weighted by molar-refractivity contribution is 6.02. The largest absolute Gasteiger partial charge is 0.479 e. The smallest absolute Gasteiger partial charge is 0.332 e. The molecule has 1 aliphatic heterocycles. The van der Waals surface area contributed by atoms with Crippen LogP contribution in [-0.4, -0.2) is 34.2 Å². The third-order valence-corrected chi connectivity index (χ3v) is 4.42. The van der Waals surface area contributed by atoms with Gasteiger partial charge in [-0.3, -0.25) is 9.78 Å². The van der Waals surface area contributed by atoms with Crippen LogP contribution in [-0.2, 0) is 19.7 Å². The van der Waals surface area contributed by atoms with Crippen molar-refractivity contribution in [2.45, 2.75) is 51.2 Å². The van der Waals surface area contributed by atoms with Gasteiger partial charge in [0.2, 0.25) is 0 Å². The summed E-state index contributed by atoms with van der Waals surface area (Å²) in [6.07, 6.45) is 0.757. The Morgan fingerprint density at radius 2 is 1.96 bits per heavy atom. The van der Waals surface area contributed by atoms with Crippen molar-refractivity contribution in [3.05, 3.63) is 36.0 Å². The number of fused-ring (bicyclic) bond motifs is 1. The predicted molar refractivity (Wildman–Crippen MR) is 94.6 cm³/mol. The fraction of sp³-hybridized carbons (Fsp3) is 0.421. The number of amides is 1. The Bertz CT molecular complexity index is 826. The maximum atomic E-state index is 12.5. The second-order valence-electron chi connectivity index (χ2n) is 7.37. The zero-order chi connectivity index (χ0) is 18.2. The van der Waals surface area contributed by atoms with E-state index in [4.69, 9.17) is 9.84 Å². The minimum Gasteiger partial charge on any atom is -0.479 e. The molecule has 1 aromatic carbocycles. The van der Waals surface area contributed by atoms with Gasteiger partial charge in [0.05, 0.1) is 11.2 Å². The van der Waals surface area contributed by atoms with Gasteiger partial charge >= 0.3 is 5.97 Å². The molecular formula is C19H22N2O4. The maximum absolute atomic E-state index is 12.5. The highest BCUT2D eigenvalue weighted by Crippen LogP contribution is 2.31. The van der Waals surface area contributed by atoms with Crippen molar-refractivity contribution in [3.63, 3.8) is 0 Å². The van der Waals surface area contributed by atoms with Gasteiger partial charge in [-0.2, -0.15) is 0 Å². The van der Waals surface area contributed by atoms with E-state index >= 15 is 0 Å². The Hall–Kier alpha value is -2.47. The molecule has 0 aliphatic carbocycles. The number of ether oxygens (including phenoxy) is 1. The van der Waals surface area contributed by atoms with Crippen LogP contribution in [0.4, 0.5) is 5.69 Å². The van der Waals surface area contributed by atoms with Crippen LogP contribution in [0.1, 0.15) is 39.2 Å². The molecule has 1 saturated heterocycles.